The molecule has 0 unspecified atom stereocenters. The monoisotopic (exact) mass is 366 g/mol. The van der Waals surface area contributed by atoms with Crippen LogP contribution in [0.2, 0.25) is 5.02 Å². The Morgan fingerprint density at radius 2 is 1.79 bits per heavy atom. The number of ether oxygens (including phenoxy) is 1. The Bertz CT molecular complexity index is 792. The van der Waals surface area contributed by atoms with Crippen molar-refractivity contribution in [2.24, 2.45) is 5.14 Å². The van der Waals surface area contributed by atoms with E-state index in [0.29, 0.717) is 11.6 Å². The first-order valence-electron chi connectivity index (χ1n) is 7.63. The highest BCUT2D eigenvalue weighted by molar-refractivity contribution is 7.89. The van der Waals surface area contributed by atoms with Gasteiger partial charge in [-0.05, 0) is 35.4 Å². The fourth-order valence-electron chi connectivity index (χ4n) is 2.77. The lowest BCUT2D eigenvalue weighted by Gasteiger charge is -2.33. The average Bonchev–Trinajstić information content (AvgIpc) is 2.55. The SMILES string of the molecule is NS(=O)(=O)c1ccc(CN2CCO[C@H](c3ccc(Cl)cc3)C2)cc1. The molecule has 7 heteroatoms. The minimum atomic E-state index is -3.65. The Morgan fingerprint density at radius 3 is 2.42 bits per heavy atom. The number of sulfonamides is 1. The van der Waals surface area contributed by atoms with Crippen molar-refractivity contribution >= 4 is 21.6 Å². The molecule has 2 N–H and O–H groups in total. The van der Waals surface area contributed by atoms with E-state index in [4.69, 9.17) is 21.5 Å². The molecule has 1 aliphatic heterocycles. The molecule has 0 radical (unpaired) electrons. The molecule has 1 heterocycles. The molecule has 5 nitrogen and oxygen atoms in total. The first-order chi connectivity index (χ1) is 11.4. The van der Waals surface area contributed by atoms with Gasteiger partial charge in [0, 0.05) is 24.7 Å². The molecule has 2 aromatic carbocycles. The zero-order chi connectivity index (χ0) is 17.2. The van der Waals surface area contributed by atoms with Crippen molar-refractivity contribution in [3.8, 4) is 0 Å². The Labute approximate surface area is 147 Å². The van der Waals surface area contributed by atoms with Gasteiger partial charge in [-0.1, -0.05) is 35.9 Å². The number of benzene rings is 2. The van der Waals surface area contributed by atoms with Crippen LogP contribution in [0.5, 0.6) is 0 Å². The van der Waals surface area contributed by atoms with E-state index in [-0.39, 0.29) is 11.0 Å². The standard InChI is InChI=1S/C17H19ClN2O3S/c18-15-5-3-14(4-6-15)17-12-20(9-10-23-17)11-13-1-7-16(8-2-13)24(19,21)22/h1-8,17H,9-12H2,(H2,19,21,22)/t17-/m0/s1. The van der Waals surface area contributed by atoms with Gasteiger partial charge < -0.3 is 4.74 Å². The number of halogens is 1. The zero-order valence-corrected chi connectivity index (χ0v) is 14.6. The predicted octanol–water partition coefficient (Wildman–Crippen LogP) is 2.56. The third kappa shape index (κ3) is 4.34. The molecule has 1 fully saturated rings. The summed E-state index contributed by atoms with van der Waals surface area (Å²) in [6.45, 7) is 3.00. The van der Waals surface area contributed by atoms with Crippen molar-refractivity contribution < 1.29 is 13.2 Å². The summed E-state index contributed by atoms with van der Waals surface area (Å²) >= 11 is 5.93. The van der Waals surface area contributed by atoms with Crippen LogP contribution < -0.4 is 5.14 Å². The second-order valence-electron chi connectivity index (χ2n) is 5.84. The summed E-state index contributed by atoms with van der Waals surface area (Å²) in [4.78, 5) is 2.42. The Hall–Kier alpha value is -1.44. The lowest BCUT2D eigenvalue weighted by atomic mass is 10.1. The number of nitrogens with two attached hydrogens (primary N) is 1. The molecule has 1 saturated heterocycles. The zero-order valence-electron chi connectivity index (χ0n) is 13.1. The number of primary sulfonamides is 1. The van der Waals surface area contributed by atoms with Crippen LogP contribution in [-0.2, 0) is 21.3 Å². The van der Waals surface area contributed by atoms with Crippen LogP contribution in [0, 0.1) is 0 Å². The van der Waals surface area contributed by atoms with E-state index in [2.05, 4.69) is 4.90 Å². The molecule has 24 heavy (non-hydrogen) atoms. The molecule has 0 amide bonds. The molecule has 0 spiro atoms. The molecule has 1 atom stereocenters. The summed E-state index contributed by atoms with van der Waals surface area (Å²) < 4.78 is 28.5. The quantitative estimate of drug-likeness (QED) is 0.902. The van der Waals surface area contributed by atoms with Gasteiger partial charge in [0.05, 0.1) is 17.6 Å². The third-order valence-corrected chi connectivity index (χ3v) is 5.23. The smallest absolute Gasteiger partial charge is 0.238 e. The van der Waals surface area contributed by atoms with E-state index in [9.17, 15) is 8.42 Å². The van der Waals surface area contributed by atoms with Gasteiger partial charge in [-0.25, -0.2) is 13.6 Å². The topological polar surface area (TPSA) is 72.6 Å². The normalized spacial score (nSPS) is 19.3. The molecule has 0 aromatic heterocycles. The van der Waals surface area contributed by atoms with E-state index in [1.165, 1.54) is 0 Å². The summed E-state index contributed by atoms with van der Waals surface area (Å²) in [5, 5.41) is 5.83. The maximum atomic E-state index is 11.3. The van der Waals surface area contributed by atoms with Gasteiger partial charge in [-0.2, -0.15) is 0 Å². The fourth-order valence-corrected chi connectivity index (χ4v) is 3.41. The van der Waals surface area contributed by atoms with Gasteiger partial charge in [-0.15, -0.1) is 0 Å². The summed E-state index contributed by atoms with van der Waals surface area (Å²) in [5.41, 5.74) is 2.15. The highest BCUT2D eigenvalue weighted by Gasteiger charge is 2.22. The Morgan fingerprint density at radius 1 is 1.12 bits per heavy atom. The predicted molar refractivity (Wildman–Crippen MR) is 93.2 cm³/mol. The van der Waals surface area contributed by atoms with Gasteiger partial charge in [0.1, 0.15) is 0 Å². The highest BCUT2D eigenvalue weighted by atomic mass is 35.5. The maximum absolute atomic E-state index is 11.3. The molecule has 0 saturated carbocycles. The van der Waals surface area contributed by atoms with E-state index in [1.807, 2.05) is 24.3 Å². The van der Waals surface area contributed by atoms with Gasteiger partial charge in [-0.3, -0.25) is 4.90 Å². The van der Waals surface area contributed by atoms with Gasteiger partial charge in [0.2, 0.25) is 10.0 Å². The largest absolute Gasteiger partial charge is 0.371 e. The first-order valence-corrected chi connectivity index (χ1v) is 9.55. The third-order valence-electron chi connectivity index (χ3n) is 4.05. The van der Waals surface area contributed by atoms with Crippen LogP contribution in [-0.4, -0.2) is 33.0 Å². The highest BCUT2D eigenvalue weighted by Crippen LogP contribution is 2.24. The van der Waals surface area contributed by atoms with Gasteiger partial charge >= 0.3 is 0 Å². The van der Waals surface area contributed by atoms with Gasteiger partial charge in [0.25, 0.3) is 0 Å². The number of nitrogens with zero attached hydrogens (tertiary/aromatic N) is 1. The van der Waals surface area contributed by atoms with E-state index in [1.54, 1.807) is 24.3 Å². The van der Waals surface area contributed by atoms with Gasteiger partial charge in [0.15, 0.2) is 0 Å². The first kappa shape index (κ1) is 17.4. The summed E-state index contributed by atoms with van der Waals surface area (Å²) in [6, 6.07) is 14.4. The van der Waals surface area contributed by atoms with E-state index < -0.39 is 10.0 Å². The summed E-state index contributed by atoms with van der Waals surface area (Å²) in [5.74, 6) is 0. The van der Waals surface area contributed by atoms with E-state index in [0.717, 1.165) is 30.8 Å². The van der Waals surface area contributed by atoms with Crippen molar-refractivity contribution in [1.29, 1.82) is 0 Å². The van der Waals surface area contributed by atoms with Crippen LogP contribution in [0.15, 0.2) is 53.4 Å². The number of morpholine rings is 1. The molecule has 2 aromatic rings. The molecular weight excluding hydrogens is 348 g/mol. The minimum absolute atomic E-state index is 0.0136. The Kier molecular flexibility index (Phi) is 5.22. The van der Waals surface area contributed by atoms with Crippen LogP contribution in [0.25, 0.3) is 0 Å². The molecule has 0 aliphatic carbocycles. The second kappa shape index (κ2) is 7.21. The molecular formula is C17H19ClN2O3S. The lowest BCUT2D eigenvalue weighted by molar-refractivity contribution is -0.0329. The van der Waals surface area contributed by atoms with Crippen LogP contribution in [0.3, 0.4) is 0 Å². The molecule has 3 rings (SSSR count). The van der Waals surface area contributed by atoms with Crippen molar-refractivity contribution in [1.82, 2.24) is 4.90 Å². The fraction of sp³-hybridized carbons (Fsp3) is 0.294. The van der Waals surface area contributed by atoms with Crippen molar-refractivity contribution in [2.75, 3.05) is 19.7 Å². The van der Waals surface area contributed by atoms with Crippen LogP contribution in [0.4, 0.5) is 0 Å². The van der Waals surface area contributed by atoms with Crippen molar-refractivity contribution in [3.63, 3.8) is 0 Å². The number of hydrogen-bond acceptors (Lipinski definition) is 4. The lowest BCUT2D eigenvalue weighted by Crippen LogP contribution is -2.37. The number of hydrogen-bond donors (Lipinski definition) is 1. The minimum Gasteiger partial charge on any atom is -0.371 e. The summed E-state index contributed by atoms with van der Waals surface area (Å²) in [7, 11) is -3.65. The van der Waals surface area contributed by atoms with E-state index >= 15 is 0 Å². The van der Waals surface area contributed by atoms with Crippen molar-refractivity contribution in [3.05, 3.63) is 64.7 Å². The average molecular weight is 367 g/mol. The second-order valence-corrected chi connectivity index (χ2v) is 7.83. The van der Waals surface area contributed by atoms with Crippen molar-refractivity contribution in [2.45, 2.75) is 17.5 Å². The molecule has 0 bridgehead atoms. The van der Waals surface area contributed by atoms with Crippen LogP contribution in [0.1, 0.15) is 17.2 Å². The molecule has 128 valence electrons. The molecule has 1 aliphatic rings. The van der Waals surface area contributed by atoms with Crippen LogP contribution >= 0.6 is 11.6 Å². The number of rotatable bonds is 4. The maximum Gasteiger partial charge on any atom is 0.238 e. The summed E-state index contributed by atoms with van der Waals surface area (Å²) in [6.07, 6.45) is 0.0136. The Balaban J connectivity index is 1.66.